The van der Waals surface area contributed by atoms with Crippen LogP contribution in [0.2, 0.25) is 0 Å². The highest BCUT2D eigenvalue weighted by Gasteiger charge is 2.13. The second-order valence-electron chi connectivity index (χ2n) is 4.92. The summed E-state index contributed by atoms with van der Waals surface area (Å²) in [6.07, 6.45) is 0. The quantitative estimate of drug-likeness (QED) is 0.929. The molecule has 0 spiro atoms. The molecule has 0 amide bonds. The lowest BCUT2D eigenvalue weighted by Gasteiger charge is -2.17. The van der Waals surface area contributed by atoms with Crippen molar-refractivity contribution in [3.63, 3.8) is 0 Å². The third kappa shape index (κ3) is 2.95. The molecule has 0 atom stereocenters. The second-order valence-corrected chi connectivity index (χ2v) is 4.92. The number of nitriles is 1. The number of anilines is 3. The second kappa shape index (κ2) is 5.80. The van der Waals surface area contributed by atoms with Gasteiger partial charge in [0.1, 0.15) is 6.07 Å². The van der Waals surface area contributed by atoms with Gasteiger partial charge in [-0.15, -0.1) is 0 Å². The molecule has 1 N–H and O–H groups in total. The molecule has 0 bridgehead atoms. The molecule has 0 aliphatic rings. The fraction of sp³-hybridized carbons (Fsp3) is 0.188. The minimum absolute atomic E-state index is 0.0000548. The Morgan fingerprint density at radius 1 is 1.10 bits per heavy atom. The first kappa shape index (κ1) is 14.8. The van der Waals surface area contributed by atoms with Gasteiger partial charge in [0.15, 0.2) is 11.6 Å². The fourth-order valence-corrected chi connectivity index (χ4v) is 2.06. The number of benzene rings is 2. The van der Waals surface area contributed by atoms with Crippen LogP contribution in [-0.4, -0.2) is 14.1 Å². The lowest BCUT2D eigenvalue weighted by molar-refractivity contribution is 0.509. The van der Waals surface area contributed by atoms with E-state index in [1.54, 1.807) is 12.1 Å². The van der Waals surface area contributed by atoms with Gasteiger partial charge in [-0.3, -0.25) is 0 Å². The van der Waals surface area contributed by atoms with E-state index in [0.717, 1.165) is 11.3 Å². The van der Waals surface area contributed by atoms with Crippen molar-refractivity contribution in [2.45, 2.75) is 6.92 Å². The number of nitrogens with zero attached hydrogens (tertiary/aromatic N) is 2. The van der Waals surface area contributed by atoms with Gasteiger partial charge >= 0.3 is 0 Å². The lowest BCUT2D eigenvalue weighted by Crippen LogP contribution is -2.10. The molecular formula is C16H15F2N3. The van der Waals surface area contributed by atoms with E-state index in [9.17, 15) is 8.78 Å². The molecule has 3 nitrogen and oxygen atoms in total. The first-order valence-electron chi connectivity index (χ1n) is 6.37. The highest BCUT2D eigenvalue weighted by Crippen LogP contribution is 2.27. The molecule has 0 aromatic heterocycles. The van der Waals surface area contributed by atoms with Gasteiger partial charge in [0.05, 0.1) is 11.3 Å². The molecular weight excluding hydrogens is 272 g/mol. The fourth-order valence-electron chi connectivity index (χ4n) is 2.06. The van der Waals surface area contributed by atoms with Crippen LogP contribution in [0.3, 0.4) is 0 Å². The number of halogens is 2. The summed E-state index contributed by atoms with van der Waals surface area (Å²) >= 11 is 0. The minimum Gasteiger partial charge on any atom is -0.377 e. The summed E-state index contributed by atoms with van der Waals surface area (Å²) in [4.78, 5) is 1.94. The van der Waals surface area contributed by atoms with Crippen molar-refractivity contribution in [1.82, 2.24) is 0 Å². The molecule has 0 saturated heterocycles. The Morgan fingerprint density at radius 3 is 2.43 bits per heavy atom. The van der Waals surface area contributed by atoms with Crippen LogP contribution in [0.25, 0.3) is 0 Å². The molecule has 0 aliphatic carbocycles. The summed E-state index contributed by atoms with van der Waals surface area (Å²) in [5, 5.41) is 11.5. The van der Waals surface area contributed by atoms with Crippen molar-refractivity contribution < 1.29 is 8.78 Å². The summed E-state index contributed by atoms with van der Waals surface area (Å²) in [5.74, 6) is -2.19. The van der Waals surface area contributed by atoms with Crippen LogP contribution in [-0.2, 0) is 0 Å². The van der Waals surface area contributed by atoms with E-state index in [2.05, 4.69) is 5.32 Å². The number of aryl methyl sites for hydroxylation is 1. The van der Waals surface area contributed by atoms with Gasteiger partial charge in [-0.05, 0) is 36.8 Å². The van der Waals surface area contributed by atoms with E-state index in [1.807, 2.05) is 38.1 Å². The zero-order valence-electron chi connectivity index (χ0n) is 12.0. The lowest BCUT2D eigenvalue weighted by atomic mass is 10.1. The third-order valence-electron chi connectivity index (χ3n) is 3.17. The molecule has 108 valence electrons. The van der Waals surface area contributed by atoms with Crippen LogP contribution in [0.4, 0.5) is 25.8 Å². The maximum Gasteiger partial charge on any atom is 0.183 e. The Morgan fingerprint density at radius 2 is 1.81 bits per heavy atom. The van der Waals surface area contributed by atoms with Gasteiger partial charge in [-0.1, -0.05) is 6.07 Å². The largest absolute Gasteiger partial charge is 0.377 e. The molecule has 0 aliphatic heterocycles. The van der Waals surface area contributed by atoms with Crippen molar-refractivity contribution in [3.8, 4) is 6.07 Å². The van der Waals surface area contributed by atoms with Crippen LogP contribution in [0.15, 0.2) is 30.3 Å². The van der Waals surface area contributed by atoms with Gasteiger partial charge in [0, 0.05) is 25.5 Å². The van der Waals surface area contributed by atoms with Gasteiger partial charge in [0.25, 0.3) is 0 Å². The molecule has 0 radical (unpaired) electrons. The van der Waals surface area contributed by atoms with Gasteiger partial charge in [-0.25, -0.2) is 8.78 Å². The molecule has 2 aromatic rings. The summed E-state index contributed by atoms with van der Waals surface area (Å²) in [5.41, 5.74) is 2.40. The Bertz CT molecular complexity index is 718. The van der Waals surface area contributed by atoms with Crippen molar-refractivity contribution in [1.29, 1.82) is 5.26 Å². The Labute approximate surface area is 122 Å². The summed E-state index contributed by atoms with van der Waals surface area (Å²) in [7, 11) is 3.82. The van der Waals surface area contributed by atoms with Gasteiger partial charge < -0.3 is 10.2 Å². The van der Waals surface area contributed by atoms with E-state index in [0.29, 0.717) is 5.69 Å². The Balaban J connectivity index is 2.37. The first-order valence-corrected chi connectivity index (χ1v) is 6.37. The maximum atomic E-state index is 13.9. The van der Waals surface area contributed by atoms with Crippen LogP contribution in [0.1, 0.15) is 11.1 Å². The van der Waals surface area contributed by atoms with Crippen molar-refractivity contribution in [2.24, 2.45) is 0 Å². The van der Waals surface area contributed by atoms with Crippen LogP contribution >= 0.6 is 0 Å². The SMILES string of the molecule is Cc1ccc(Nc2ccc(C#N)c(F)c2F)cc1N(C)C. The number of nitrogens with one attached hydrogen (secondary N) is 1. The Kier molecular flexibility index (Phi) is 4.08. The van der Waals surface area contributed by atoms with Crippen molar-refractivity contribution in [2.75, 3.05) is 24.3 Å². The molecule has 21 heavy (non-hydrogen) atoms. The van der Waals surface area contributed by atoms with E-state index >= 15 is 0 Å². The van der Waals surface area contributed by atoms with Crippen LogP contribution < -0.4 is 10.2 Å². The molecule has 5 heteroatoms. The number of hydrogen-bond acceptors (Lipinski definition) is 3. The smallest absolute Gasteiger partial charge is 0.183 e. The predicted octanol–water partition coefficient (Wildman–Crippen LogP) is 3.95. The molecule has 2 rings (SSSR count). The molecule has 2 aromatic carbocycles. The summed E-state index contributed by atoms with van der Waals surface area (Å²) in [6.45, 7) is 1.97. The molecule has 0 saturated carbocycles. The van der Waals surface area contributed by atoms with Gasteiger partial charge in [-0.2, -0.15) is 5.26 Å². The zero-order valence-corrected chi connectivity index (χ0v) is 12.0. The van der Waals surface area contributed by atoms with Crippen molar-refractivity contribution >= 4 is 17.1 Å². The normalized spacial score (nSPS) is 10.1. The summed E-state index contributed by atoms with van der Waals surface area (Å²) in [6, 6.07) is 9.75. The maximum absolute atomic E-state index is 13.9. The summed E-state index contributed by atoms with van der Waals surface area (Å²) < 4.78 is 27.5. The zero-order chi connectivity index (χ0) is 15.6. The van der Waals surface area contributed by atoms with E-state index < -0.39 is 11.6 Å². The molecule has 0 heterocycles. The minimum atomic E-state index is -1.14. The topological polar surface area (TPSA) is 39.1 Å². The molecule has 0 unspecified atom stereocenters. The van der Waals surface area contributed by atoms with Crippen LogP contribution in [0.5, 0.6) is 0 Å². The highest BCUT2D eigenvalue weighted by molar-refractivity contribution is 5.68. The predicted molar refractivity (Wildman–Crippen MR) is 79.9 cm³/mol. The van der Waals surface area contributed by atoms with E-state index in [1.165, 1.54) is 12.1 Å². The average molecular weight is 287 g/mol. The number of hydrogen-bond donors (Lipinski definition) is 1. The first-order chi connectivity index (χ1) is 9.93. The van der Waals surface area contributed by atoms with E-state index in [-0.39, 0.29) is 11.3 Å². The van der Waals surface area contributed by atoms with Gasteiger partial charge in [0.2, 0.25) is 0 Å². The monoisotopic (exact) mass is 287 g/mol. The Hall–Kier alpha value is -2.61. The third-order valence-corrected chi connectivity index (χ3v) is 3.17. The van der Waals surface area contributed by atoms with Crippen molar-refractivity contribution in [3.05, 3.63) is 53.1 Å². The van der Waals surface area contributed by atoms with E-state index in [4.69, 9.17) is 5.26 Å². The van der Waals surface area contributed by atoms with Crippen LogP contribution in [0, 0.1) is 29.9 Å². The number of rotatable bonds is 3. The molecule has 0 fully saturated rings. The highest BCUT2D eigenvalue weighted by atomic mass is 19.2. The average Bonchev–Trinajstić information content (AvgIpc) is 2.46. The standard InChI is InChI=1S/C16H15F2N3/c1-10-4-6-12(8-14(10)21(2)3)20-13-7-5-11(9-19)15(17)16(13)18/h4-8,20H,1-3H3.